The average molecular weight is 653 g/mol. The Balaban J connectivity index is 1.35. The second kappa shape index (κ2) is 17.8. The Morgan fingerprint density at radius 1 is 0.604 bits per heavy atom. The van der Waals surface area contributed by atoms with Gasteiger partial charge >= 0.3 is 0 Å². The molecule has 2 atom stereocenters. The van der Waals surface area contributed by atoms with Crippen molar-refractivity contribution in [1.29, 1.82) is 0 Å². The zero-order valence-electron chi connectivity index (χ0n) is 30.0. The summed E-state index contributed by atoms with van der Waals surface area (Å²) in [4.78, 5) is 41.5. The molecule has 2 heterocycles. The summed E-state index contributed by atoms with van der Waals surface area (Å²) in [6.45, 7) is 16.5. The van der Waals surface area contributed by atoms with Crippen LogP contribution < -0.4 is 10.6 Å². The van der Waals surface area contributed by atoms with E-state index in [1.807, 2.05) is 19.3 Å². The van der Waals surface area contributed by atoms with Crippen LogP contribution in [-0.4, -0.2) is 44.8 Å². The predicted octanol–water partition coefficient (Wildman–Crippen LogP) is 8.86. The molecule has 4 aromatic rings. The summed E-state index contributed by atoms with van der Waals surface area (Å²) >= 11 is 0. The van der Waals surface area contributed by atoms with Gasteiger partial charge in [0, 0.05) is 37.8 Å². The molecular weight excluding hydrogens is 596 g/mol. The van der Waals surface area contributed by atoms with Gasteiger partial charge in [0.25, 0.3) is 0 Å². The number of carbonyl (C=O) groups excluding carboxylic acids is 2. The molecule has 0 aliphatic carbocycles. The molecule has 2 aromatic carbocycles. The molecule has 0 spiro atoms. The molecule has 0 fully saturated rings. The smallest absolute Gasteiger partial charge is 0.220 e. The minimum Gasteiger partial charge on any atom is -0.356 e. The number of carbonyl (C=O) groups is 2. The molecule has 4 rings (SSSR count). The molecule has 258 valence electrons. The van der Waals surface area contributed by atoms with Crippen LogP contribution in [0.25, 0.3) is 33.6 Å². The van der Waals surface area contributed by atoms with E-state index < -0.39 is 0 Å². The van der Waals surface area contributed by atoms with E-state index in [0.717, 1.165) is 84.1 Å². The van der Waals surface area contributed by atoms with Crippen LogP contribution in [0.4, 0.5) is 0 Å². The summed E-state index contributed by atoms with van der Waals surface area (Å²) in [6, 6.07) is 16.9. The fraction of sp³-hybridized carbons (Fsp3) is 0.500. The van der Waals surface area contributed by atoms with Crippen molar-refractivity contribution < 1.29 is 9.59 Å². The minimum atomic E-state index is 0.00387. The number of nitrogens with one attached hydrogen (secondary N) is 4. The molecular formula is C40H56N6O2. The number of H-pyrrole nitrogens is 2. The van der Waals surface area contributed by atoms with E-state index in [2.05, 4.69) is 116 Å². The van der Waals surface area contributed by atoms with Gasteiger partial charge < -0.3 is 20.6 Å². The second-order valence-corrected chi connectivity index (χ2v) is 13.7. The van der Waals surface area contributed by atoms with E-state index in [-0.39, 0.29) is 29.6 Å². The second-order valence-electron chi connectivity index (χ2n) is 13.7. The molecule has 0 saturated carbocycles. The number of nitrogens with zero attached hydrogens (tertiary/aromatic N) is 2. The molecule has 0 aliphatic heterocycles. The third kappa shape index (κ3) is 9.91. The molecule has 0 unspecified atom stereocenters. The van der Waals surface area contributed by atoms with Gasteiger partial charge in [-0.3, -0.25) is 9.59 Å². The van der Waals surface area contributed by atoms with Crippen LogP contribution in [0.3, 0.4) is 0 Å². The molecule has 0 bridgehead atoms. The Bertz CT molecular complexity index is 1560. The highest BCUT2D eigenvalue weighted by atomic mass is 16.2. The molecule has 0 aliphatic rings. The van der Waals surface area contributed by atoms with Crippen LogP contribution >= 0.6 is 0 Å². The molecule has 8 heteroatoms. The summed E-state index contributed by atoms with van der Waals surface area (Å²) in [5.74, 6) is 3.20. The third-order valence-corrected chi connectivity index (χ3v) is 9.92. The topological polar surface area (TPSA) is 116 Å². The minimum absolute atomic E-state index is 0.00387. The van der Waals surface area contributed by atoms with Gasteiger partial charge in [-0.1, -0.05) is 123 Å². The van der Waals surface area contributed by atoms with Gasteiger partial charge in [0.15, 0.2) is 0 Å². The van der Waals surface area contributed by atoms with Crippen LogP contribution in [-0.2, 0) is 9.59 Å². The predicted molar refractivity (Wildman–Crippen MR) is 196 cm³/mol. The first-order chi connectivity index (χ1) is 23.1. The van der Waals surface area contributed by atoms with Crippen molar-refractivity contribution in [3.05, 3.63) is 72.6 Å². The normalized spacial score (nSPS) is 12.9. The molecule has 8 nitrogen and oxygen atoms in total. The van der Waals surface area contributed by atoms with Gasteiger partial charge in [0.2, 0.25) is 11.8 Å². The highest BCUT2D eigenvalue weighted by Crippen LogP contribution is 2.30. The molecule has 0 saturated heterocycles. The lowest BCUT2D eigenvalue weighted by Crippen LogP contribution is -2.31. The Morgan fingerprint density at radius 3 is 1.44 bits per heavy atom. The summed E-state index contributed by atoms with van der Waals surface area (Å²) in [5, 5.41) is 6.22. The quantitative estimate of drug-likeness (QED) is 0.0859. The van der Waals surface area contributed by atoms with Crippen molar-refractivity contribution in [3.8, 4) is 33.6 Å². The number of aromatic amines is 2. The van der Waals surface area contributed by atoms with Crippen LogP contribution in [0.1, 0.15) is 110 Å². The van der Waals surface area contributed by atoms with Gasteiger partial charge in [-0.15, -0.1) is 0 Å². The van der Waals surface area contributed by atoms with Crippen molar-refractivity contribution in [3.63, 3.8) is 0 Å². The lowest BCUT2D eigenvalue weighted by molar-refractivity contribution is -0.122. The maximum atomic E-state index is 12.8. The molecule has 48 heavy (non-hydrogen) atoms. The first-order valence-electron chi connectivity index (χ1n) is 18.0. The number of benzene rings is 2. The zero-order valence-corrected chi connectivity index (χ0v) is 30.0. The van der Waals surface area contributed by atoms with Crippen LogP contribution in [0.15, 0.2) is 60.9 Å². The number of hydrogen-bond donors (Lipinski definition) is 4. The van der Waals surface area contributed by atoms with Gasteiger partial charge in [0.1, 0.15) is 11.6 Å². The number of aromatic nitrogens is 4. The molecule has 2 amide bonds. The standard InChI is InChI=1S/C40H56N6O2/c1-8-28(9-2)22-41-37(47)20-27(7)39-43-24-35(45-39)32-16-12-30(13-17-32)31-14-18-33(19-15-31)36-25-44-40(46-36)34(26(5)6)21-38(48)42-23-29(10-3)11-4/h12-19,24-29,34H,8-11,20-23H2,1-7H3,(H,41,47)(H,42,48)(H,43,45)(H,44,46)/t27-,34+/m1/s1. The number of imidazole rings is 2. The van der Waals surface area contributed by atoms with Crippen molar-refractivity contribution >= 4 is 11.8 Å². The Labute approximate surface area is 287 Å². The van der Waals surface area contributed by atoms with E-state index in [1.54, 1.807) is 0 Å². The number of hydrogen-bond acceptors (Lipinski definition) is 4. The van der Waals surface area contributed by atoms with Gasteiger partial charge in [0.05, 0.1) is 23.8 Å². The van der Waals surface area contributed by atoms with Crippen LogP contribution in [0.5, 0.6) is 0 Å². The molecule has 0 radical (unpaired) electrons. The number of rotatable bonds is 18. The Hall–Kier alpha value is -4.20. The van der Waals surface area contributed by atoms with Gasteiger partial charge in [-0.25, -0.2) is 9.97 Å². The monoisotopic (exact) mass is 652 g/mol. The maximum absolute atomic E-state index is 12.8. The van der Waals surface area contributed by atoms with E-state index in [9.17, 15) is 9.59 Å². The van der Waals surface area contributed by atoms with Crippen molar-refractivity contribution in [1.82, 2.24) is 30.6 Å². The fourth-order valence-electron chi connectivity index (χ4n) is 6.13. The summed E-state index contributed by atoms with van der Waals surface area (Å²) in [5.41, 5.74) is 6.23. The van der Waals surface area contributed by atoms with E-state index in [0.29, 0.717) is 24.7 Å². The lowest BCUT2D eigenvalue weighted by atomic mass is 9.91. The first kappa shape index (κ1) is 36.6. The zero-order chi connectivity index (χ0) is 34.6. The molecule has 4 N–H and O–H groups in total. The van der Waals surface area contributed by atoms with Gasteiger partial charge in [-0.05, 0) is 40.0 Å². The summed E-state index contributed by atoms with van der Waals surface area (Å²) in [7, 11) is 0. The fourth-order valence-corrected chi connectivity index (χ4v) is 6.13. The van der Waals surface area contributed by atoms with Crippen LogP contribution in [0, 0.1) is 17.8 Å². The highest BCUT2D eigenvalue weighted by Gasteiger charge is 2.23. The lowest BCUT2D eigenvalue weighted by Gasteiger charge is -2.19. The van der Waals surface area contributed by atoms with E-state index in [4.69, 9.17) is 4.98 Å². The SMILES string of the molecule is CCC(CC)CNC(=O)C[C@@H](C)c1ncc(-c2ccc(-c3ccc(-c4cnc([C@@H](CC(=O)NCC(CC)CC)C(C)C)[nH]4)cc3)cc2)[nH]1. The van der Waals surface area contributed by atoms with E-state index in [1.165, 1.54) is 0 Å². The van der Waals surface area contributed by atoms with Gasteiger partial charge in [-0.2, -0.15) is 0 Å². The maximum Gasteiger partial charge on any atom is 0.220 e. The van der Waals surface area contributed by atoms with Crippen molar-refractivity contribution in [2.75, 3.05) is 13.1 Å². The number of amides is 2. The van der Waals surface area contributed by atoms with Crippen LogP contribution in [0.2, 0.25) is 0 Å². The Morgan fingerprint density at radius 2 is 1.00 bits per heavy atom. The Kier molecular flexibility index (Phi) is 13.6. The third-order valence-electron chi connectivity index (χ3n) is 9.92. The summed E-state index contributed by atoms with van der Waals surface area (Å²) < 4.78 is 0. The molecule has 2 aromatic heterocycles. The van der Waals surface area contributed by atoms with Crippen molar-refractivity contribution in [2.45, 2.75) is 98.8 Å². The first-order valence-corrected chi connectivity index (χ1v) is 18.0. The summed E-state index contributed by atoms with van der Waals surface area (Å²) in [6.07, 6.45) is 8.85. The highest BCUT2D eigenvalue weighted by molar-refractivity contribution is 5.77. The van der Waals surface area contributed by atoms with Crippen molar-refractivity contribution in [2.24, 2.45) is 17.8 Å². The largest absolute Gasteiger partial charge is 0.356 e. The van der Waals surface area contributed by atoms with E-state index >= 15 is 0 Å². The average Bonchev–Trinajstić information content (AvgIpc) is 3.79.